The van der Waals surface area contributed by atoms with E-state index in [0.717, 1.165) is 5.56 Å². The summed E-state index contributed by atoms with van der Waals surface area (Å²) in [6.45, 7) is 1.02. The predicted octanol–water partition coefficient (Wildman–Crippen LogP) is 1.06. The second-order valence-electron chi connectivity index (χ2n) is 3.10. The van der Waals surface area contributed by atoms with Crippen molar-refractivity contribution < 1.29 is 9.47 Å². The third-order valence-corrected chi connectivity index (χ3v) is 2.09. The molecule has 70 valence electrons. The molecule has 1 fully saturated rings. The van der Waals surface area contributed by atoms with Crippen molar-refractivity contribution in [1.29, 1.82) is 0 Å². The van der Waals surface area contributed by atoms with E-state index in [9.17, 15) is 0 Å². The molecule has 1 aromatic rings. The Hall–Kier alpha value is -0.900. The molecule has 1 aliphatic heterocycles. The first-order valence-corrected chi connectivity index (χ1v) is 4.40. The lowest BCUT2D eigenvalue weighted by Gasteiger charge is -2.27. The Morgan fingerprint density at radius 2 is 1.85 bits per heavy atom. The van der Waals surface area contributed by atoms with Crippen molar-refractivity contribution in [2.75, 3.05) is 13.2 Å². The Kier molecular flexibility index (Phi) is 2.59. The summed E-state index contributed by atoms with van der Waals surface area (Å²) < 4.78 is 10.8. The molecule has 0 saturated carbocycles. The van der Waals surface area contributed by atoms with Crippen molar-refractivity contribution in [2.45, 2.75) is 12.3 Å². The quantitative estimate of drug-likeness (QED) is 0.701. The Morgan fingerprint density at radius 3 is 2.46 bits per heavy atom. The Labute approximate surface area is 77.5 Å². The summed E-state index contributed by atoms with van der Waals surface area (Å²) >= 11 is 0. The van der Waals surface area contributed by atoms with Gasteiger partial charge in [0.1, 0.15) is 12.3 Å². The van der Waals surface area contributed by atoms with E-state index in [-0.39, 0.29) is 12.3 Å². The van der Waals surface area contributed by atoms with Crippen molar-refractivity contribution in [2.24, 2.45) is 5.73 Å². The van der Waals surface area contributed by atoms with Gasteiger partial charge in [0.15, 0.2) is 0 Å². The molecule has 1 saturated heterocycles. The minimum atomic E-state index is -0.264. The summed E-state index contributed by atoms with van der Waals surface area (Å²) in [6.07, 6.45) is -0.221. The van der Waals surface area contributed by atoms with E-state index in [4.69, 9.17) is 15.2 Å². The minimum Gasteiger partial charge on any atom is -0.367 e. The first-order valence-electron chi connectivity index (χ1n) is 4.40. The van der Waals surface area contributed by atoms with Crippen LogP contribution in [0.15, 0.2) is 30.3 Å². The standard InChI is InChI=1S/C10H13NO2/c11-10-7-12-9(6-13-10)8-4-2-1-3-5-8/h1-5,9-10H,6-7,11H2. The highest BCUT2D eigenvalue weighted by atomic mass is 16.6. The number of nitrogens with two attached hydrogens (primary N) is 1. The lowest BCUT2D eigenvalue weighted by Crippen LogP contribution is -2.37. The highest BCUT2D eigenvalue weighted by Crippen LogP contribution is 2.20. The molecule has 0 aliphatic carbocycles. The SMILES string of the molecule is NC1COC(c2ccccc2)CO1. The zero-order valence-electron chi connectivity index (χ0n) is 7.35. The van der Waals surface area contributed by atoms with Gasteiger partial charge in [0, 0.05) is 0 Å². The second kappa shape index (κ2) is 3.87. The second-order valence-corrected chi connectivity index (χ2v) is 3.10. The van der Waals surface area contributed by atoms with Gasteiger partial charge < -0.3 is 15.2 Å². The van der Waals surface area contributed by atoms with Crippen LogP contribution in [0, 0.1) is 0 Å². The summed E-state index contributed by atoms with van der Waals surface area (Å²) in [5.74, 6) is 0. The average Bonchev–Trinajstić information content (AvgIpc) is 2.20. The molecule has 0 amide bonds. The predicted molar refractivity (Wildman–Crippen MR) is 49.1 cm³/mol. The first kappa shape index (κ1) is 8.69. The maximum absolute atomic E-state index is 5.53. The highest BCUT2D eigenvalue weighted by molar-refractivity contribution is 5.17. The molecular formula is C10H13NO2. The highest BCUT2D eigenvalue weighted by Gasteiger charge is 2.20. The molecule has 2 unspecified atom stereocenters. The molecule has 0 spiro atoms. The lowest BCUT2D eigenvalue weighted by molar-refractivity contribution is -0.132. The van der Waals surface area contributed by atoms with Crippen molar-refractivity contribution >= 4 is 0 Å². The summed E-state index contributed by atoms with van der Waals surface area (Å²) in [5, 5.41) is 0. The summed E-state index contributed by atoms with van der Waals surface area (Å²) in [6, 6.07) is 10.0. The van der Waals surface area contributed by atoms with Crippen molar-refractivity contribution in [1.82, 2.24) is 0 Å². The maximum atomic E-state index is 5.53. The van der Waals surface area contributed by atoms with Crippen LogP contribution < -0.4 is 5.73 Å². The van der Waals surface area contributed by atoms with Gasteiger partial charge >= 0.3 is 0 Å². The smallest absolute Gasteiger partial charge is 0.129 e. The molecule has 0 bridgehead atoms. The molecule has 0 radical (unpaired) electrons. The van der Waals surface area contributed by atoms with E-state index >= 15 is 0 Å². The Morgan fingerprint density at radius 1 is 1.08 bits per heavy atom. The minimum absolute atomic E-state index is 0.0426. The number of hydrogen-bond acceptors (Lipinski definition) is 3. The van der Waals surface area contributed by atoms with E-state index in [1.807, 2.05) is 30.3 Å². The van der Waals surface area contributed by atoms with Crippen LogP contribution in [-0.4, -0.2) is 19.4 Å². The fraction of sp³-hybridized carbons (Fsp3) is 0.400. The van der Waals surface area contributed by atoms with Crippen molar-refractivity contribution in [3.05, 3.63) is 35.9 Å². The molecule has 2 N–H and O–H groups in total. The van der Waals surface area contributed by atoms with Gasteiger partial charge in [0.25, 0.3) is 0 Å². The summed E-state index contributed by atoms with van der Waals surface area (Å²) in [5.41, 5.74) is 6.68. The van der Waals surface area contributed by atoms with Gasteiger partial charge in [-0.25, -0.2) is 0 Å². The molecular weight excluding hydrogens is 166 g/mol. The fourth-order valence-corrected chi connectivity index (χ4v) is 1.38. The topological polar surface area (TPSA) is 44.5 Å². The largest absolute Gasteiger partial charge is 0.367 e. The molecule has 1 heterocycles. The van der Waals surface area contributed by atoms with Crippen LogP contribution in [-0.2, 0) is 9.47 Å². The molecule has 3 nitrogen and oxygen atoms in total. The first-order chi connectivity index (χ1) is 6.36. The maximum Gasteiger partial charge on any atom is 0.129 e. The molecule has 2 atom stereocenters. The lowest BCUT2D eigenvalue weighted by atomic mass is 10.1. The molecule has 1 aromatic carbocycles. The number of ether oxygens (including phenoxy) is 2. The number of benzene rings is 1. The van der Waals surface area contributed by atoms with Gasteiger partial charge in [0.2, 0.25) is 0 Å². The van der Waals surface area contributed by atoms with Gasteiger partial charge in [-0.05, 0) is 5.56 Å². The van der Waals surface area contributed by atoms with Gasteiger partial charge in [-0.3, -0.25) is 0 Å². The van der Waals surface area contributed by atoms with Crippen LogP contribution >= 0.6 is 0 Å². The Bertz CT molecular complexity index is 255. The third kappa shape index (κ3) is 2.06. The molecule has 0 aromatic heterocycles. The van der Waals surface area contributed by atoms with Gasteiger partial charge in [-0.2, -0.15) is 0 Å². The van der Waals surface area contributed by atoms with E-state index in [2.05, 4.69) is 0 Å². The molecule has 13 heavy (non-hydrogen) atoms. The zero-order valence-corrected chi connectivity index (χ0v) is 7.35. The Balaban J connectivity index is 2.03. The molecule has 1 aliphatic rings. The van der Waals surface area contributed by atoms with Crippen molar-refractivity contribution in [3.63, 3.8) is 0 Å². The van der Waals surface area contributed by atoms with Crippen LogP contribution in [0.25, 0.3) is 0 Å². The van der Waals surface area contributed by atoms with Crippen LogP contribution in [0.2, 0.25) is 0 Å². The monoisotopic (exact) mass is 179 g/mol. The fourth-order valence-electron chi connectivity index (χ4n) is 1.38. The van der Waals surface area contributed by atoms with Gasteiger partial charge in [-0.1, -0.05) is 30.3 Å². The van der Waals surface area contributed by atoms with Crippen LogP contribution in [0.3, 0.4) is 0 Å². The normalized spacial score (nSPS) is 28.7. The van der Waals surface area contributed by atoms with Crippen LogP contribution in [0.1, 0.15) is 11.7 Å². The van der Waals surface area contributed by atoms with E-state index in [0.29, 0.717) is 13.2 Å². The number of hydrogen-bond donors (Lipinski definition) is 1. The summed E-state index contributed by atoms with van der Waals surface area (Å²) in [4.78, 5) is 0. The average molecular weight is 179 g/mol. The van der Waals surface area contributed by atoms with E-state index < -0.39 is 0 Å². The van der Waals surface area contributed by atoms with Gasteiger partial charge in [-0.15, -0.1) is 0 Å². The van der Waals surface area contributed by atoms with Crippen LogP contribution in [0.5, 0.6) is 0 Å². The van der Waals surface area contributed by atoms with Gasteiger partial charge in [0.05, 0.1) is 13.2 Å². The van der Waals surface area contributed by atoms with E-state index in [1.54, 1.807) is 0 Å². The number of rotatable bonds is 1. The molecule has 2 rings (SSSR count). The molecule has 3 heteroatoms. The van der Waals surface area contributed by atoms with E-state index in [1.165, 1.54) is 0 Å². The van der Waals surface area contributed by atoms with Crippen molar-refractivity contribution in [3.8, 4) is 0 Å². The summed E-state index contributed by atoms with van der Waals surface area (Å²) in [7, 11) is 0. The van der Waals surface area contributed by atoms with Crippen LogP contribution in [0.4, 0.5) is 0 Å². The third-order valence-electron chi connectivity index (χ3n) is 2.09. The zero-order chi connectivity index (χ0) is 9.10.